The van der Waals surface area contributed by atoms with Crippen LogP contribution in [-0.4, -0.2) is 25.8 Å². The van der Waals surface area contributed by atoms with Crippen molar-refractivity contribution in [1.29, 1.82) is 5.26 Å². The molecule has 0 aliphatic heterocycles. The summed E-state index contributed by atoms with van der Waals surface area (Å²) in [5, 5.41) is 11.8. The summed E-state index contributed by atoms with van der Waals surface area (Å²) in [6.07, 6.45) is 9.92. The second-order valence-electron chi connectivity index (χ2n) is 5.37. The van der Waals surface area contributed by atoms with Gasteiger partial charge in [0.15, 0.2) is 5.84 Å². The van der Waals surface area contributed by atoms with Crippen LogP contribution in [0.4, 0.5) is 4.39 Å². The Bertz CT molecular complexity index is 834. The minimum absolute atomic E-state index is 0.487. The van der Waals surface area contributed by atoms with Crippen molar-refractivity contribution in [3.05, 3.63) is 77.3 Å². The Kier molecular flexibility index (Phi) is 9.58. The number of nitriles is 1. The molecule has 0 heterocycles. The predicted octanol–water partition coefficient (Wildman–Crippen LogP) is 3.88. The van der Waals surface area contributed by atoms with E-state index in [4.69, 9.17) is 11.0 Å². The van der Waals surface area contributed by atoms with Gasteiger partial charge in [-0.05, 0) is 61.0 Å². The lowest BCUT2D eigenvalue weighted by Gasteiger charge is -2.05. The van der Waals surface area contributed by atoms with Crippen LogP contribution < -0.4 is 11.1 Å². The molecule has 5 nitrogen and oxygen atoms in total. The zero-order valence-corrected chi connectivity index (χ0v) is 15.8. The van der Waals surface area contributed by atoms with Crippen LogP contribution in [-0.2, 0) is 0 Å². The van der Waals surface area contributed by atoms with Crippen molar-refractivity contribution in [2.24, 2.45) is 15.7 Å². The molecule has 0 unspecified atom stereocenters. The van der Waals surface area contributed by atoms with E-state index in [1.165, 1.54) is 6.20 Å². The van der Waals surface area contributed by atoms with Crippen molar-refractivity contribution in [2.45, 2.75) is 13.8 Å². The highest BCUT2D eigenvalue weighted by atomic mass is 19.1. The van der Waals surface area contributed by atoms with Crippen LogP contribution in [0.5, 0.6) is 0 Å². The highest BCUT2D eigenvalue weighted by Crippen LogP contribution is 2.16. The Morgan fingerprint density at radius 3 is 2.48 bits per heavy atom. The minimum Gasteiger partial charge on any atom is -0.405 e. The van der Waals surface area contributed by atoms with Gasteiger partial charge in [0.1, 0.15) is 12.5 Å². The summed E-state index contributed by atoms with van der Waals surface area (Å²) >= 11 is 0. The van der Waals surface area contributed by atoms with Gasteiger partial charge in [0, 0.05) is 13.3 Å². The maximum absolute atomic E-state index is 13.5. The summed E-state index contributed by atoms with van der Waals surface area (Å²) in [7, 11) is 1.73. The number of nitrogens with two attached hydrogens (primary N) is 1. The van der Waals surface area contributed by atoms with Gasteiger partial charge in [0.05, 0.1) is 11.6 Å². The van der Waals surface area contributed by atoms with Gasteiger partial charge in [-0.2, -0.15) is 5.26 Å². The Hall–Kier alpha value is -3.46. The number of amidine groups is 1. The first-order valence-corrected chi connectivity index (χ1v) is 8.37. The predicted molar refractivity (Wildman–Crippen MR) is 111 cm³/mol. The maximum atomic E-state index is 13.5. The van der Waals surface area contributed by atoms with E-state index < -0.39 is 6.67 Å². The summed E-state index contributed by atoms with van der Waals surface area (Å²) in [6.45, 7) is 3.04. The molecule has 0 bridgehead atoms. The molecule has 27 heavy (non-hydrogen) atoms. The third-order valence-corrected chi connectivity index (χ3v) is 3.52. The van der Waals surface area contributed by atoms with Gasteiger partial charge in [0.25, 0.3) is 0 Å². The van der Waals surface area contributed by atoms with Crippen molar-refractivity contribution in [3.63, 3.8) is 0 Å². The van der Waals surface area contributed by atoms with Crippen molar-refractivity contribution in [3.8, 4) is 6.07 Å². The monoisotopic (exact) mass is 365 g/mol. The fourth-order valence-corrected chi connectivity index (χ4v) is 2.06. The lowest BCUT2D eigenvalue weighted by molar-refractivity contribution is 0.571. The molecular formula is C21H24FN5. The van der Waals surface area contributed by atoms with Crippen LogP contribution in [0.3, 0.4) is 0 Å². The zero-order chi connectivity index (χ0) is 20.1. The second-order valence-corrected chi connectivity index (χ2v) is 5.37. The number of nitrogens with one attached hydrogen (secondary N) is 1. The average Bonchev–Trinajstić information content (AvgIpc) is 2.71. The largest absolute Gasteiger partial charge is 0.405 e. The smallest absolute Gasteiger partial charge is 0.156 e. The molecule has 0 saturated heterocycles. The van der Waals surface area contributed by atoms with Crippen LogP contribution in [0.15, 0.2) is 76.1 Å². The van der Waals surface area contributed by atoms with Gasteiger partial charge in [0.2, 0.25) is 0 Å². The molecule has 0 fully saturated rings. The van der Waals surface area contributed by atoms with E-state index in [9.17, 15) is 4.39 Å². The van der Waals surface area contributed by atoms with E-state index in [0.717, 1.165) is 5.57 Å². The zero-order valence-electron chi connectivity index (χ0n) is 15.8. The van der Waals surface area contributed by atoms with Crippen LogP contribution in [0.2, 0.25) is 0 Å². The number of hydrogen-bond donors (Lipinski definition) is 2. The molecule has 1 rings (SSSR count). The fraction of sp³-hybridized carbons (Fsp3) is 0.190. The summed E-state index contributed by atoms with van der Waals surface area (Å²) in [5.41, 5.74) is 7.92. The highest BCUT2D eigenvalue weighted by molar-refractivity contribution is 6.02. The van der Waals surface area contributed by atoms with Gasteiger partial charge < -0.3 is 11.1 Å². The first-order chi connectivity index (χ1) is 13.1. The maximum Gasteiger partial charge on any atom is 0.156 e. The van der Waals surface area contributed by atoms with Crippen molar-refractivity contribution in [1.82, 2.24) is 5.32 Å². The van der Waals surface area contributed by atoms with Crippen molar-refractivity contribution in [2.75, 3.05) is 13.7 Å². The van der Waals surface area contributed by atoms with Crippen LogP contribution >= 0.6 is 0 Å². The van der Waals surface area contributed by atoms with Gasteiger partial charge in [-0.15, -0.1) is 0 Å². The number of aliphatic imine (C=N–C) groups is 2. The molecule has 3 N–H and O–H groups in total. The lowest BCUT2D eigenvalue weighted by atomic mass is 10.0. The van der Waals surface area contributed by atoms with E-state index in [-0.39, 0.29) is 0 Å². The molecule has 140 valence electrons. The molecule has 0 atom stereocenters. The Labute approximate surface area is 159 Å². The molecule has 1 aromatic rings. The van der Waals surface area contributed by atoms with Crippen LogP contribution in [0.25, 0.3) is 5.57 Å². The molecular weight excluding hydrogens is 341 g/mol. The molecule has 0 aliphatic carbocycles. The highest BCUT2D eigenvalue weighted by Gasteiger charge is 2.03. The van der Waals surface area contributed by atoms with Gasteiger partial charge in [-0.25, -0.2) is 14.4 Å². The summed E-state index contributed by atoms with van der Waals surface area (Å²) in [4.78, 5) is 8.75. The summed E-state index contributed by atoms with van der Waals surface area (Å²) in [5.74, 6) is 1.05. The number of alkyl halides is 1. The third kappa shape index (κ3) is 7.12. The molecule has 0 aromatic heterocycles. The van der Waals surface area contributed by atoms with Crippen LogP contribution in [0, 0.1) is 11.3 Å². The normalized spacial score (nSPS) is 14.0. The molecule has 0 amide bonds. The van der Waals surface area contributed by atoms with Gasteiger partial charge in [-0.3, -0.25) is 0 Å². The van der Waals surface area contributed by atoms with Crippen molar-refractivity contribution < 1.29 is 4.39 Å². The molecule has 0 radical (unpaired) electrons. The molecule has 0 saturated carbocycles. The number of benzene rings is 1. The minimum atomic E-state index is -0.636. The lowest BCUT2D eigenvalue weighted by Crippen LogP contribution is -2.07. The van der Waals surface area contributed by atoms with Crippen LogP contribution in [0.1, 0.15) is 25.0 Å². The van der Waals surface area contributed by atoms with E-state index >= 15 is 0 Å². The fourth-order valence-electron chi connectivity index (χ4n) is 2.06. The number of nitrogens with zero attached hydrogens (tertiary/aromatic N) is 3. The Morgan fingerprint density at radius 2 is 1.96 bits per heavy atom. The topological polar surface area (TPSA) is 86.6 Å². The summed E-state index contributed by atoms with van der Waals surface area (Å²) < 4.78 is 13.5. The Balaban J connectivity index is 3.24. The van der Waals surface area contributed by atoms with E-state index in [0.29, 0.717) is 28.4 Å². The first-order valence-electron chi connectivity index (χ1n) is 8.37. The molecule has 0 spiro atoms. The Morgan fingerprint density at radius 1 is 1.26 bits per heavy atom. The van der Waals surface area contributed by atoms with Gasteiger partial charge in [-0.1, -0.05) is 24.3 Å². The summed E-state index contributed by atoms with van der Waals surface area (Å²) in [6, 6.07) is 8.81. The third-order valence-electron chi connectivity index (χ3n) is 3.52. The number of allylic oxidation sites excluding steroid dienone is 5. The number of rotatable bonds is 7. The first kappa shape index (κ1) is 21.6. The second kappa shape index (κ2) is 12.0. The SMILES string of the molecule is CC=NC(=N\C(=C\C=C(/CF)c1ccc(C#N)cc1)NC)/C(C)=C/C=C\N. The molecule has 1 aromatic carbocycles. The standard InChI is InChI=1S/C21H24FN5/c1-4-26-21(16(2)6-5-13-23)27-20(25-3)12-11-19(14-22)18-9-7-17(15-24)8-10-18/h4-13,25H,14,23H2,1-3H3/b13-5-,16-6+,19-11+,20-12+,26-4?,27-21-. The van der Waals surface area contributed by atoms with Gasteiger partial charge >= 0.3 is 0 Å². The van der Waals surface area contributed by atoms with Crippen molar-refractivity contribution >= 4 is 17.6 Å². The average molecular weight is 365 g/mol. The molecule has 6 heteroatoms. The number of halogens is 1. The number of hydrogen-bond acceptors (Lipinski definition) is 4. The molecule has 0 aliphatic rings. The van der Waals surface area contributed by atoms with E-state index in [1.807, 2.05) is 13.0 Å². The van der Waals surface area contributed by atoms with E-state index in [2.05, 4.69) is 15.3 Å². The quantitative estimate of drug-likeness (QED) is 0.437. The van der Waals surface area contributed by atoms with E-state index in [1.54, 1.807) is 68.8 Å².